The number of benzene rings is 2. The zero-order chi connectivity index (χ0) is 16.8. The van der Waals surface area contributed by atoms with Crippen molar-refractivity contribution in [2.45, 2.75) is 38.3 Å². The van der Waals surface area contributed by atoms with Crippen LogP contribution in [0.5, 0.6) is 0 Å². The summed E-state index contributed by atoms with van der Waals surface area (Å²) in [7, 11) is 0. The van der Waals surface area contributed by atoms with Crippen LogP contribution in [0.4, 0.5) is 0 Å². The number of nitrogens with one attached hydrogen (secondary N) is 1. The summed E-state index contributed by atoms with van der Waals surface area (Å²) in [4.78, 5) is 13.4. The molecule has 0 aliphatic carbocycles. The number of piperidine rings is 1. The molecule has 1 atom stereocenters. The fourth-order valence-corrected chi connectivity index (χ4v) is 3.45. The monoisotopic (exact) mass is 322 g/mol. The largest absolute Gasteiger partial charge is 0.343 e. The van der Waals surface area contributed by atoms with Gasteiger partial charge in [-0.1, -0.05) is 60.7 Å². The molecule has 1 N–H and O–H groups in total. The lowest BCUT2D eigenvalue weighted by Crippen LogP contribution is -2.45. The molecule has 3 heteroatoms. The Morgan fingerprint density at radius 2 is 1.62 bits per heavy atom. The molecule has 24 heavy (non-hydrogen) atoms. The summed E-state index contributed by atoms with van der Waals surface area (Å²) >= 11 is 0. The van der Waals surface area contributed by atoms with Crippen molar-refractivity contribution < 1.29 is 4.79 Å². The van der Waals surface area contributed by atoms with Gasteiger partial charge in [-0.05, 0) is 30.4 Å². The van der Waals surface area contributed by atoms with Crippen molar-refractivity contribution in [2.24, 2.45) is 0 Å². The first kappa shape index (κ1) is 16.7. The molecule has 0 unspecified atom stereocenters. The van der Waals surface area contributed by atoms with Crippen molar-refractivity contribution >= 4 is 5.91 Å². The smallest absolute Gasteiger partial charge is 0.219 e. The van der Waals surface area contributed by atoms with Crippen molar-refractivity contribution in [2.75, 3.05) is 13.1 Å². The molecule has 2 aromatic rings. The third kappa shape index (κ3) is 4.45. The Hall–Kier alpha value is -2.13. The Kier molecular flexibility index (Phi) is 5.65. The summed E-state index contributed by atoms with van der Waals surface area (Å²) in [5, 5.41) is 3.84. The molecule has 2 aromatic carbocycles. The summed E-state index contributed by atoms with van der Waals surface area (Å²) in [6.45, 7) is 3.38. The maximum absolute atomic E-state index is 11.5. The van der Waals surface area contributed by atoms with Crippen LogP contribution in [0.15, 0.2) is 60.7 Å². The highest BCUT2D eigenvalue weighted by Gasteiger charge is 2.23. The average molecular weight is 322 g/mol. The molecule has 0 radical (unpaired) electrons. The molecule has 1 aliphatic rings. The Morgan fingerprint density at radius 1 is 1.04 bits per heavy atom. The lowest BCUT2D eigenvalue weighted by molar-refractivity contribution is -0.129. The minimum Gasteiger partial charge on any atom is -0.343 e. The second-order valence-electron chi connectivity index (χ2n) is 6.60. The number of rotatable bonds is 5. The summed E-state index contributed by atoms with van der Waals surface area (Å²) in [5.74, 6) is 0.192. The molecular weight excluding hydrogens is 296 g/mol. The van der Waals surface area contributed by atoms with E-state index in [1.54, 1.807) is 6.92 Å². The molecule has 126 valence electrons. The Labute approximate surface area is 144 Å². The van der Waals surface area contributed by atoms with E-state index in [9.17, 15) is 4.79 Å². The summed E-state index contributed by atoms with van der Waals surface area (Å²) < 4.78 is 0. The van der Waals surface area contributed by atoms with Crippen LogP contribution in [0.3, 0.4) is 0 Å². The fourth-order valence-electron chi connectivity index (χ4n) is 3.45. The van der Waals surface area contributed by atoms with Gasteiger partial charge in [0, 0.05) is 32.1 Å². The van der Waals surface area contributed by atoms with E-state index >= 15 is 0 Å². The molecule has 0 saturated carbocycles. The van der Waals surface area contributed by atoms with E-state index in [4.69, 9.17) is 0 Å². The highest BCUT2D eigenvalue weighted by atomic mass is 16.2. The highest BCUT2D eigenvalue weighted by Crippen LogP contribution is 2.21. The molecule has 1 aliphatic heterocycles. The van der Waals surface area contributed by atoms with Gasteiger partial charge in [-0.15, -0.1) is 0 Å². The molecule has 0 bridgehead atoms. The van der Waals surface area contributed by atoms with Crippen molar-refractivity contribution in [3.05, 3.63) is 71.8 Å². The second kappa shape index (κ2) is 8.11. The minimum atomic E-state index is 0.192. The predicted molar refractivity (Wildman–Crippen MR) is 97.7 cm³/mol. The molecule has 1 saturated heterocycles. The highest BCUT2D eigenvalue weighted by molar-refractivity contribution is 5.73. The molecule has 1 amide bonds. The van der Waals surface area contributed by atoms with Gasteiger partial charge in [0.1, 0.15) is 0 Å². The normalized spacial score (nSPS) is 16.8. The second-order valence-corrected chi connectivity index (χ2v) is 6.60. The minimum absolute atomic E-state index is 0.192. The molecule has 1 fully saturated rings. The molecule has 3 nitrogen and oxygen atoms in total. The van der Waals surface area contributed by atoms with Crippen LogP contribution < -0.4 is 5.32 Å². The van der Waals surface area contributed by atoms with Gasteiger partial charge in [0.05, 0.1) is 0 Å². The molecule has 0 spiro atoms. The lowest BCUT2D eigenvalue weighted by atomic mass is 9.96. The predicted octanol–water partition coefficient (Wildman–Crippen LogP) is 3.57. The molecular formula is C21H26N2O. The van der Waals surface area contributed by atoms with E-state index in [-0.39, 0.29) is 5.91 Å². The topological polar surface area (TPSA) is 32.3 Å². The van der Waals surface area contributed by atoms with Gasteiger partial charge in [0.2, 0.25) is 5.91 Å². The Balaban J connectivity index is 1.68. The van der Waals surface area contributed by atoms with Gasteiger partial charge in [0.25, 0.3) is 0 Å². The van der Waals surface area contributed by atoms with Gasteiger partial charge in [-0.3, -0.25) is 4.79 Å². The van der Waals surface area contributed by atoms with Crippen LogP contribution in [-0.4, -0.2) is 29.9 Å². The van der Waals surface area contributed by atoms with Crippen LogP contribution in [0.25, 0.3) is 0 Å². The first-order valence-electron chi connectivity index (χ1n) is 8.83. The quantitative estimate of drug-likeness (QED) is 0.913. The standard InChI is InChI=1S/C21H26N2O/c1-17(24)23-14-12-20(13-15-23)22-21(19-10-6-3-7-11-19)16-18-8-4-2-5-9-18/h2-11,20-22H,12-16H2,1H3/t21-/m0/s1. The summed E-state index contributed by atoms with van der Waals surface area (Å²) in [6.07, 6.45) is 3.03. The third-order valence-corrected chi connectivity index (χ3v) is 4.86. The van der Waals surface area contributed by atoms with Gasteiger partial charge in [-0.2, -0.15) is 0 Å². The van der Waals surface area contributed by atoms with Crippen LogP contribution in [0, 0.1) is 0 Å². The number of carbonyl (C=O) groups excluding carboxylic acids is 1. The number of amides is 1. The number of nitrogens with zero attached hydrogens (tertiary/aromatic N) is 1. The average Bonchev–Trinajstić information content (AvgIpc) is 2.63. The van der Waals surface area contributed by atoms with E-state index in [1.807, 2.05) is 4.90 Å². The van der Waals surface area contributed by atoms with Gasteiger partial charge < -0.3 is 10.2 Å². The van der Waals surface area contributed by atoms with Crippen LogP contribution in [0.1, 0.15) is 36.9 Å². The molecule has 1 heterocycles. The Morgan fingerprint density at radius 3 is 2.21 bits per heavy atom. The van der Waals surface area contributed by atoms with Crippen LogP contribution in [-0.2, 0) is 11.2 Å². The van der Waals surface area contributed by atoms with Gasteiger partial charge in [0.15, 0.2) is 0 Å². The van der Waals surface area contributed by atoms with Gasteiger partial charge >= 0.3 is 0 Å². The summed E-state index contributed by atoms with van der Waals surface area (Å²) in [6, 6.07) is 22.1. The number of likely N-dealkylation sites (tertiary alicyclic amines) is 1. The van der Waals surface area contributed by atoms with Crippen molar-refractivity contribution in [3.8, 4) is 0 Å². The van der Waals surface area contributed by atoms with Crippen molar-refractivity contribution in [3.63, 3.8) is 0 Å². The maximum Gasteiger partial charge on any atom is 0.219 e. The lowest BCUT2D eigenvalue weighted by Gasteiger charge is -2.34. The van der Waals surface area contributed by atoms with E-state index in [0.717, 1.165) is 32.4 Å². The number of hydrogen-bond acceptors (Lipinski definition) is 2. The van der Waals surface area contributed by atoms with Gasteiger partial charge in [-0.25, -0.2) is 0 Å². The van der Waals surface area contributed by atoms with Crippen LogP contribution >= 0.6 is 0 Å². The number of hydrogen-bond donors (Lipinski definition) is 1. The van der Waals surface area contributed by atoms with E-state index < -0.39 is 0 Å². The van der Waals surface area contributed by atoms with E-state index in [2.05, 4.69) is 66.0 Å². The third-order valence-electron chi connectivity index (χ3n) is 4.86. The maximum atomic E-state index is 11.5. The Bertz CT molecular complexity index is 633. The fraction of sp³-hybridized carbons (Fsp3) is 0.381. The van der Waals surface area contributed by atoms with E-state index in [0.29, 0.717) is 12.1 Å². The van der Waals surface area contributed by atoms with Crippen molar-refractivity contribution in [1.29, 1.82) is 0 Å². The summed E-state index contributed by atoms with van der Waals surface area (Å²) in [5.41, 5.74) is 2.68. The zero-order valence-electron chi connectivity index (χ0n) is 14.3. The zero-order valence-corrected chi connectivity index (χ0v) is 14.3. The molecule has 3 rings (SSSR count). The first-order valence-corrected chi connectivity index (χ1v) is 8.83. The SMILES string of the molecule is CC(=O)N1CCC(N[C@@H](Cc2ccccc2)c2ccccc2)CC1. The van der Waals surface area contributed by atoms with Crippen molar-refractivity contribution in [1.82, 2.24) is 10.2 Å². The van der Waals surface area contributed by atoms with Crippen LogP contribution in [0.2, 0.25) is 0 Å². The first-order chi connectivity index (χ1) is 11.7. The number of carbonyl (C=O) groups is 1. The van der Waals surface area contributed by atoms with E-state index in [1.165, 1.54) is 11.1 Å². The molecule has 0 aromatic heterocycles.